The summed E-state index contributed by atoms with van der Waals surface area (Å²) in [5, 5.41) is 7.15. The van der Waals surface area contributed by atoms with Gasteiger partial charge >= 0.3 is 5.97 Å². The molecule has 0 atom stereocenters. The molecule has 168 valence electrons. The predicted octanol–water partition coefficient (Wildman–Crippen LogP) is 4.62. The average molecular weight is 451 g/mol. The molecule has 0 aliphatic rings. The normalized spacial score (nSPS) is 10.9. The topological polar surface area (TPSA) is 90.5 Å². The summed E-state index contributed by atoms with van der Waals surface area (Å²) in [6.45, 7) is 1.93. The molecule has 0 aliphatic heterocycles. The van der Waals surface area contributed by atoms with Crippen molar-refractivity contribution in [3.8, 4) is 16.9 Å². The molecule has 0 unspecified atom stereocenters. The Morgan fingerprint density at radius 3 is 2.47 bits per heavy atom. The number of pyridine rings is 1. The number of nitrogens with zero attached hydrogens (tertiary/aromatic N) is 4. The van der Waals surface area contributed by atoms with E-state index in [1.165, 1.54) is 10.9 Å². The Labute approximate surface area is 195 Å². The Kier molecular flexibility index (Phi) is 5.61. The summed E-state index contributed by atoms with van der Waals surface area (Å²) in [5.41, 5.74) is 3.70. The number of anilines is 1. The first kappa shape index (κ1) is 21.1. The van der Waals surface area contributed by atoms with Crippen LogP contribution in [0.5, 0.6) is 0 Å². The van der Waals surface area contributed by atoms with Crippen molar-refractivity contribution >= 4 is 23.3 Å². The van der Waals surface area contributed by atoms with Crippen LogP contribution in [0.2, 0.25) is 0 Å². The molecule has 5 rings (SSSR count). The zero-order chi connectivity index (χ0) is 23.5. The Balaban J connectivity index is 1.49. The maximum atomic E-state index is 13.2. The van der Waals surface area contributed by atoms with Crippen molar-refractivity contribution in [3.63, 3.8) is 0 Å². The fourth-order valence-corrected chi connectivity index (χ4v) is 3.64. The molecule has 1 amide bonds. The van der Waals surface area contributed by atoms with E-state index < -0.39 is 11.9 Å². The van der Waals surface area contributed by atoms with Gasteiger partial charge in [0.1, 0.15) is 11.2 Å². The lowest BCUT2D eigenvalue weighted by Crippen LogP contribution is -2.18. The van der Waals surface area contributed by atoms with Gasteiger partial charge in [0.25, 0.3) is 5.91 Å². The molecule has 0 saturated carbocycles. The summed E-state index contributed by atoms with van der Waals surface area (Å²) in [6, 6.07) is 22.5. The molecular weight excluding hydrogens is 430 g/mol. The third kappa shape index (κ3) is 4.04. The first-order chi connectivity index (χ1) is 16.6. The molecule has 3 aromatic heterocycles. The highest BCUT2D eigenvalue weighted by molar-refractivity contribution is 6.07. The number of hydrogen-bond donors (Lipinski definition) is 1. The van der Waals surface area contributed by atoms with Crippen molar-refractivity contribution in [2.75, 3.05) is 11.9 Å². The third-order valence-electron chi connectivity index (χ3n) is 5.29. The van der Waals surface area contributed by atoms with Gasteiger partial charge < -0.3 is 14.5 Å². The number of carbonyl (C=O) groups excluding carboxylic acids is 2. The Morgan fingerprint density at radius 1 is 1.00 bits per heavy atom. The fourth-order valence-electron chi connectivity index (χ4n) is 3.64. The van der Waals surface area contributed by atoms with Crippen molar-refractivity contribution in [2.24, 2.45) is 0 Å². The molecule has 8 heteroatoms. The number of amides is 1. The van der Waals surface area contributed by atoms with E-state index in [2.05, 4.69) is 15.4 Å². The lowest BCUT2D eigenvalue weighted by atomic mass is 10.2. The van der Waals surface area contributed by atoms with E-state index in [0.717, 1.165) is 11.3 Å². The van der Waals surface area contributed by atoms with Crippen LogP contribution >= 0.6 is 0 Å². The van der Waals surface area contributed by atoms with Crippen molar-refractivity contribution in [1.29, 1.82) is 0 Å². The van der Waals surface area contributed by atoms with Gasteiger partial charge in [-0.15, -0.1) is 0 Å². The number of fused-ring (bicyclic) bond motifs is 1. The van der Waals surface area contributed by atoms with Crippen LogP contribution in [0.1, 0.15) is 27.6 Å². The summed E-state index contributed by atoms with van der Waals surface area (Å²) in [5.74, 6) is -0.714. The van der Waals surface area contributed by atoms with E-state index in [1.54, 1.807) is 25.3 Å². The largest absolute Gasteiger partial charge is 0.462 e. The number of hydrogen-bond acceptors (Lipinski definition) is 5. The quantitative estimate of drug-likeness (QED) is 0.381. The predicted molar refractivity (Wildman–Crippen MR) is 128 cm³/mol. The molecule has 5 aromatic rings. The number of rotatable bonds is 6. The van der Waals surface area contributed by atoms with Crippen LogP contribution in [0.4, 0.5) is 5.82 Å². The molecule has 0 aliphatic carbocycles. The molecule has 0 fully saturated rings. The van der Waals surface area contributed by atoms with Crippen molar-refractivity contribution < 1.29 is 14.3 Å². The minimum atomic E-state index is -0.559. The maximum Gasteiger partial charge on any atom is 0.343 e. The number of nitrogens with one attached hydrogen (secondary N) is 1. The second kappa shape index (κ2) is 9.03. The number of para-hydroxylation sites is 1. The zero-order valence-electron chi connectivity index (χ0n) is 18.4. The highest BCUT2D eigenvalue weighted by atomic mass is 16.5. The second-order valence-electron chi connectivity index (χ2n) is 7.50. The standard InChI is InChI=1S/C26H21N5O3/c1-2-34-26(33)21-16-27-31(20-11-7-4-8-12-20)24(21)29-25(32)19-13-14-30-17-22(28-23(30)15-19)18-9-5-3-6-10-18/h3-17H,2H2,1H3,(H,29,32). The minimum absolute atomic E-state index is 0.173. The first-order valence-electron chi connectivity index (χ1n) is 10.8. The van der Waals surface area contributed by atoms with Gasteiger partial charge in [-0.25, -0.2) is 14.5 Å². The number of esters is 1. The number of aromatic nitrogens is 4. The van der Waals surface area contributed by atoms with Crippen LogP contribution in [0.25, 0.3) is 22.6 Å². The molecule has 0 bridgehead atoms. The van der Waals surface area contributed by atoms with Gasteiger partial charge in [-0.3, -0.25) is 4.79 Å². The number of benzene rings is 2. The maximum absolute atomic E-state index is 13.2. The first-order valence-corrected chi connectivity index (χ1v) is 10.8. The molecule has 0 spiro atoms. The van der Waals surface area contributed by atoms with Crippen LogP contribution in [0.3, 0.4) is 0 Å². The molecule has 8 nitrogen and oxygen atoms in total. The number of carbonyl (C=O) groups is 2. The van der Waals surface area contributed by atoms with E-state index in [1.807, 2.05) is 71.3 Å². The van der Waals surface area contributed by atoms with Crippen LogP contribution in [-0.2, 0) is 4.74 Å². The third-order valence-corrected chi connectivity index (χ3v) is 5.29. The molecular formula is C26H21N5O3. The summed E-state index contributed by atoms with van der Waals surface area (Å²) in [7, 11) is 0. The van der Waals surface area contributed by atoms with E-state index in [9.17, 15) is 9.59 Å². The van der Waals surface area contributed by atoms with Crippen molar-refractivity contribution in [1.82, 2.24) is 19.2 Å². The van der Waals surface area contributed by atoms with Gasteiger partial charge in [-0.05, 0) is 31.2 Å². The van der Waals surface area contributed by atoms with Crippen LogP contribution in [-0.4, -0.2) is 37.6 Å². The van der Waals surface area contributed by atoms with Gasteiger partial charge in [0.2, 0.25) is 0 Å². The van der Waals surface area contributed by atoms with E-state index in [-0.39, 0.29) is 18.0 Å². The lowest BCUT2D eigenvalue weighted by Gasteiger charge is -2.11. The molecule has 0 radical (unpaired) electrons. The van der Waals surface area contributed by atoms with Crippen molar-refractivity contribution in [3.05, 3.63) is 103 Å². The van der Waals surface area contributed by atoms with E-state index in [0.29, 0.717) is 16.9 Å². The fraction of sp³-hybridized carbons (Fsp3) is 0.0769. The SMILES string of the molecule is CCOC(=O)c1cnn(-c2ccccc2)c1NC(=O)c1ccn2cc(-c3ccccc3)nc2c1. The molecule has 3 heterocycles. The van der Waals surface area contributed by atoms with Crippen LogP contribution < -0.4 is 5.32 Å². The van der Waals surface area contributed by atoms with E-state index in [4.69, 9.17) is 4.74 Å². The average Bonchev–Trinajstić information content (AvgIpc) is 3.49. The highest BCUT2D eigenvalue weighted by Gasteiger charge is 2.22. The van der Waals surface area contributed by atoms with Gasteiger partial charge in [-0.1, -0.05) is 48.5 Å². The Bertz CT molecular complexity index is 1470. The zero-order valence-corrected chi connectivity index (χ0v) is 18.4. The second-order valence-corrected chi connectivity index (χ2v) is 7.50. The van der Waals surface area contributed by atoms with E-state index >= 15 is 0 Å². The Hall–Kier alpha value is -4.72. The molecule has 2 aromatic carbocycles. The summed E-state index contributed by atoms with van der Waals surface area (Å²) in [4.78, 5) is 30.4. The monoisotopic (exact) mass is 451 g/mol. The van der Waals surface area contributed by atoms with Gasteiger partial charge in [-0.2, -0.15) is 5.10 Å². The Morgan fingerprint density at radius 2 is 1.74 bits per heavy atom. The molecule has 1 N–H and O–H groups in total. The van der Waals surface area contributed by atoms with Gasteiger partial charge in [0, 0.05) is 23.5 Å². The van der Waals surface area contributed by atoms with Crippen LogP contribution in [0.15, 0.2) is 91.4 Å². The minimum Gasteiger partial charge on any atom is -0.462 e. The van der Waals surface area contributed by atoms with Gasteiger partial charge in [0.05, 0.1) is 24.2 Å². The van der Waals surface area contributed by atoms with Gasteiger partial charge in [0.15, 0.2) is 5.82 Å². The van der Waals surface area contributed by atoms with Crippen LogP contribution in [0, 0.1) is 0 Å². The molecule has 0 saturated heterocycles. The summed E-state index contributed by atoms with van der Waals surface area (Å²) < 4.78 is 8.51. The summed E-state index contributed by atoms with van der Waals surface area (Å²) in [6.07, 6.45) is 5.09. The highest BCUT2D eigenvalue weighted by Crippen LogP contribution is 2.23. The molecule has 34 heavy (non-hydrogen) atoms. The number of imidazole rings is 1. The summed E-state index contributed by atoms with van der Waals surface area (Å²) >= 11 is 0. The smallest absolute Gasteiger partial charge is 0.343 e. The van der Waals surface area contributed by atoms with Crippen molar-refractivity contribution in [2.45, 2.75) is 6.92 Å². The number of ether oxygens (including phenoxy) is 1. The lowest BCUT2D eigenvalue weighted by molar-refractivity contribution is 0.0527.